The van der Waals surface area contributed by atoms with Gasteiger partial charge in [-0.15, -0.1) is 11.6 Å². The number of ether oxygens (including phenoxy) is 2. The van der Waals surface area contributed by atoms with Crippen molar-refractivity contribution in [3.8, 4) is 11.5 Å². The Morgan fingerprint density at radius 1 is 1.10 bits per heavy atom. The molecule has 2 N–H and O–H groups in total. The van der Waals surface area contributed by atoms with Gasteiger partial charge in [0.05, 0.1) is 22.5 Å². The number of hydrogen-bond donors (Lipinski definition) is 2. The monoisotopic (exact) mass is 491 g/mol. The molecule has 1 unspecified atom stereocenters. The van der Waals surface area contributed by atoms with Gasteiger partial charge in [-0.25, -0.2) is 0 Å². The summed E-state index contributed by atoms with van der Waals surface area (Å²) in [4.78, 5) is 11.6. The third-order valence-electron chi connectivity index (χ3n) is 4.10. The summed E-state index contributed by atoms with van der Waals surface area (Å²) in [6.45, 7) is 0.345. The second-order valence-electron chi connectivity index (χ2n) is 6.50. The van der Waals surface area contributed by atoms with Crippen LogP contribution in [0.4, 0.5) is 0 Å². The van der Waals surface area contributed by atoms with Gasteiger partial charge in [-0.05, 0) is 54.5 Å². The van der Waals surface area contributed by atoms with Crippen LogP contribution < -0.4 is 14.2 Å². The summed E-state index contributed by atoms with van der Waals surface area (Å²) >= 11 is 19.5. The number of benzene rings is 2. The molecule has 5 nitrogen and oxygen atoms in total. The number of hydrogen-bond acceptors (Lipinski definition) is 6. The Bertz CT molecular complexity index is 797. The summed E-state index contributed by atoms with van der Waals surface area (Å²) in [6, 6.07) is 11.2. The first-order valence-electron chi connectivity index (χ1n) is 9.27. The third kappa shape index (κ3) is 8.53. The van der Waals surface area contributed by atoms with Crippen molar-refractivity contribution < 1.29 is 19.4 Å². The van der Waals surface area contributed by atoms with Gasteiger partial charge in [-0.2, -0.15) is 0 Å². The number of Topliss-reactive ketones (excluding diaryl/α,β-unsaturated/α-hetero) is 1. The number of aliphatic hydroxyl groups is 1. The van der Waals surface area contributed by atoms with Crippen molar-refractivity contribution in [1.29, 1.82) is 0 Å². The van der Waals surface area contributed by atoms with Gasteiger partial charge in [-0.3, -0.25) is 9.52 Å². The van der Waals surface area contributed by atoms with Gasteiger partial charge in [0, 0.05) is 0 Å². The SMILES string of the molecule is CSNCC(=O)COc1ccc(CCc2cc(Cl)c(OCC(O)CCl)c(Cl)c2)cc1. The van der Waals surface area contributed by atoms with Crippen LogP contribution in [0.5, 0.6) is 11.5 Å². The minimum Gasteiger partial charge on any atom is -0.488 e. The molecule has 164 valence electrons. The zero-order valence-corrected chi connectivity index (χ0v) is 19.6. The van der Waals surface area contributed by atoms with E-state index < -0.39 is 6.10 Å². The molecular weight excluding hydrogens is 469 g/mol. The second-order valence-corrected chi connectivity index (χ2v) is 8.32. The molecule has 0 aliphatic heterocycles. The molecule has 0 aliphatic rings. The van der Waals surface area contributed by atoms with Crippen molar-refractivity contribution in [3.05, 3.63) is 57.6 Å². The van der Waals surface area contributed by atoms with Gasteiger partial charge in [0.15, 0.2) is 11.5 Å². The van der Waals surface area contributed by atoms with Crippen molar-refractivity contribution in [2.24, 2.45) is 0 Å². The summed E-state index contributed by atoms with van der Waals surface area (Å²) in [5.41, 5.74) is 2.10. The van der Waals surface area contributed by atoms with Crippen LogP contribution in [0, 0.1) is 0 Å². The lowest BCUT2D eigenvalue weighted by atomic mass is 10.0. The van der Waals surface area contributed by atoms with Gasteiger partial charge in [0.25, 0.3) is 0 Å². The highest BCUT2D eigenvalue weighted by molar-refractivity contribution is 7.96. The molecular formula is C21H24Cl3NO4S. The topological polar surface area (TPSA) is 67.8 Å². The zero-order valence-electron chi connectivity index (χ0n) is 16.5. The van der Waals surface area contributed by atoms with E-state index in [2.05, 4.69) is 4.72 Å². The van der Waals surface area contributed by atoms with Gasteiger partial charge < -0.3 is 14.6 Å². The van der Waals surface area contributed by atoms with Crippen molar-refractivity contribution >= 4 is 52.5 Å². The molecule has 0 radical (unpaired) electrons. The highest BCUT2D eigenvalue weighted by atomic mass is 35.5. The standard InChI is InChI=1S/C21H24Cl3NO4S/c1-30-25-11-17(27)13-28-18-6-4-14(5-7-18)2-3-15-8-19(23)21(20(24)9-15)29-12-16(26)10-22/h4-9,16,25-26H,2-3,10-13H2,1H3. The van der Waals surface area contributed by atoms with Crippen molar-refractivity contribution in [2.45, 2.75) is 18.9 Å². The highest BCUT2D eigenvalue weighted by Crippen LogP contribution is 2.34. The normalized spacial score (nSPS) is 11.9. The van der Waals surface area contributed by atoms with Gasteiger partial charge in [0.1, 0.15) is 25.1 Å². The Balaban J connectivity index is 1.87. The van der Waals surface area contributed by atoms with Crippen LogP contribution in [0.2, 0.25) is 10.0 Å². The van der Waals surface area contributed by atoms with Crippen molar-refractivity contribution in [3.63, 3.8) is 0 Å². The summed E-state index contributed by atoms with van der Waals surface area (Å²) in [5, 5.41) is 10.3. The lowest BCUT2D eigenvalue weighted by Gasteiger charge is -2.14. The maximum absolute atomic E-state index is 11.6. The molecule has 2 aromatic carbocycles. The minimum atomic E-state index is -0.782. The number of nitrogens with one attached hydrogen (secondary N) is 1. The Labute approximate surface area is 196 Å². The molecule has 0 saturated heterocycles. The number of rotatable bonds is 13. The zero-order chi connectivity index (χ0) is 21.9. The van der Waals surface area contributed by atoms with E-state index in [-0.39, 0.29) is 31.4 Å². The minimum absolute atomic E-state index is 0.00761. The van der Waals surface area contributed by atoms with Crippen LogP contribution in [-0.4, -0.2) is 48.9 Å². The van der Waals surface area contributed by atoms with E-state index in [9.17, 15) is 9.90 Å². The van der Waals surface area contributed by atoms with E-state index in [4.69, 9.17) is 44.3 Å². The number of aliphatic hydroxyl groups excluding tert-OH is 1. The van der Waals surface area contributed by atoms with E-state index >= 15 is 0 Å². The predicted octanol–water partition coefficient (Wildman–Crippen LogP) is 4.57. The van der Waals surface area contributed by atoms with Gasteiger partial charge in [0.2, 0.25) is 0 Å². The molecule has 0 aromatic heterocycles. The lowest BCUT2D eigenvalue weighted by molar-refractivity contribution is -0.119. The maximum Gasteiger partial charge on any atom is 0.184 e. The smallest absolute Gasteiger partial charge is 0.184 e. The molecule has 0 saturated carbocycles. The van der Waals surface area contributed by atoms with Gasteiger partial charge >= 0.3 is 0 Å². The van der Waals surface area contributed by atoms with Crippen LogP contribution in [0.15, 0.2) is 36.4 Å². The molecule has 0 aliphatic carbocycles. The predicted molar refractivity (Wildman–Crippen MR) is 125 cm³/mol. The van der Waals surface area contributed by atoms with Crippen molar-refractivity contribution in [1.82, 2.24) is 4.72 Å². The number of carbonyl (C=O) groups excluding carboxylic acids is 1. The van der Waals surface area contributed by atoms with Crippen LogP contribution >= 0.6 is 46.8 Å². The third-order valence-corrected chi connectivity index (χ3v) is 5.45. The molecule has 0 bridgehead atoms. The van der Waals surface area contributed by atoms with Crippen LogP contribution in [0.25, 0.3) is 0 Å². The number of aryl methyl sites for hydroxylation is 2. The fourth-order valence-electron chi connectivity index (χ4n) is 2.53. The highest BCUT2D eigenvalue weighted by Gasteiger charge is 2.12. The average Bonchev–Trinajstić information content (AvgIpc) is 2.74. The van der Waals surface area contributed by atoms with E-state index in [0.29, 0.717) is 21.5 Å². The second kappa shape index (κ2) is 13.3. The summed E-state index contributed by atoms with van der Waals surface area (Å²) in [5.74, 6) is 1.06. The number of halogens is 3. The van der Waals surface area contributed by atoms with Crippen LogP contribution in [0.3, 0.4) is 0 Å². The molecule has 0 amide bonds. The summed E-state index contributed by atoms with van der Waals surface area (Å²) < 4.78 is 13.9. The van der Waals surface area contributed by atoms with E-state index in [0.717, 1.165) is 24.0 Å². The summed E-state index contributed by atoms with van der Waals surface area (Å²) in [6.07, 6.45) is 2.61. The molecule has 0 spiro atoms. The Kier molecular flexibility index (Phi) is 11.1. The first-order valence-corrected chi connectivity index (χ1v) is 11.8. The quantitative estimate of drug-likeness (QED) is 0.315. The Morgan fingerprint density at radius 2 is 1.73 bits per heavy atom. The van der Waals surface area contributed by atoms with E-state index in [1.165, 1.54) is 11.9 Å². The molecule has 1 atom stereocenters. The van der Waals surface area contributed by atoms with E-state index in [1.807, 2.05) is 42.7 Å². The number of ketones is 1. The summed E-state index contributed by atoms with van der Waals surface area (Å²) in [7, 11) is 0. The molecule has 0 heterocycles. The first kappa shape index (κ1) is 25.1. The molecule has 2 rings (SSSR count). The Hall–Kier alpha value is -1.15. The van der Waals surface area contributed by atoms with Crippen molar-refractivity contribution in [2.75, 3.05) is 31.9 Å². The first-order chi connectivity index (χ1) is 14.4. The molecule has 0 fully saturated rings. The van der Waals surface area contributed by atoms with Gasteiger partial charge in [-0.1, -0.05) is 47.3 Å². The lowest BCUT2D eigenvalue weighted by Crippen LogP contribution is -2.22. The number of carbonyl (C=O) groups is 1. The van der Waals surface area contributed by atoms with Crippen LogP contribution in [0.1, 0.15) is 11.1 Å². The fourth-order valence-corrected chi connectivity index (χ4v) is 3.56. The Morgan fingerprint density at radius 3 is 2.33 bits per heavy atom. The van der Waals surface area contributed by atoms with E-state index in [1.54, 1.807) is 0 Å². The molecule has 30 heavy (non-hydrogen) atoms. The van der Waals surface area contributed by atoms with Crippen LogP contribution in [-0.2, 0) is 17.6 Å². The molecule has 9 heteroatoms. The molecule has 2 aromatic rings. The number of alkyl halides is 1. The largest absolute Gasteiger partial charge is 0.488 e. The fraction of sp³-hybridized carbons (Fsp3) is 0.381. The maximum atomic E-state index is 11.6. The average molecular weight is 493 g/mol.